The number of guanidine groups is 2. The Labute approximate surface area is 166 Å². The quantitative estimate of drug-likeness (QED) is 0.0948. The smallest absolute Gasteiger partial charge is 0.321 e. The molecule has 0 rings (SSSR count). The van der Waals surface area contributed by atoms with Gasteiger partial charge in [0.05, 0.1) is 0 Å². The Morgan fingerprint density at radius 2 is 1.25 bits per heavy atom. The van der Waals surface area contributed by atoms with E-state index in [2.05, 4.69) is 49.7 Å². The van der Waals surface area contributed by atoms with Crippen LogP contribution in [0.2, 0.25) is 0 Å². The second-order valence-electron chi connectivity index (χ2n) is 5.59. The Bertz CT molecular complexity index is 499. The Kier molecular flexibility index (Phi) is 15.4. The van der Waals surface area contributed by atoms with Crippen molar-refractivity contribution >= 4 is 24.0 Å². The zero-order valence-electron chi connectivity index (χ0n) is 16.3. The summed E-state index contributed by atoms with van der Waals surface area (Å²) in [6.45, 7) is 10.4. The van der Waals surface area contributed by atoms with E-state index in [1.807, 2.05) is 0 Å². The van der Waals surface area contributed by atoms with Gasteiger partial charge >= 0.3 is 12.1 Å². The van der Waals surface area contributed by atoms with Crippen LogP contribution in [0.25, 0.3) is 0 Å². The molecule has 0 radical (unpaired) electrons. The fraction of sp³-hybridized carbons (Fsp3) is 0.529. The van der Waals surface area contributed by atoms with Crippen LogP contribution in [-0.2, 0) is 0 Å². The van der Waals surface area contributed by atoms with E-state index < -0.39 is 12.1 Å². The third kappa shape index (κ3) is 16.4. The van der Waals surface area contributed by atoms with Gasteiger partial charge in [-0.3, -0.25) is 20.6 Å². The summed E-state index contributed by atoms with van der Waals surface area (Å²) in [7, 11) is 0. The normalized spacial score (nSPS) is 11.4. The number of unbranched alkanes of at least 4 members (excludes halogenated alkanes) is 1. The largest absolute Gasteiger partial charge is 0.370 e. The highest BCUT2D eigenvalue weighted by Crippen LogP contribution is 1.88. The lowest BCUT2D eigenvalue weighted by Crippen LogP contribution is -2.43. The average molecular weight is 396 g/mol. The van der Waals surface area contributed by atoms with Crippen LogP contribution >= 0.6 is 0 Å². The minimum Gasteiger partial charge on any atom is -0.370 e. The lowest BCUT2D eigenvalue weighted by molar-refractivity contribution is 0.245. The maximum Gasteiger partial charge on any atom is 0.321 e. The fourth-order valence-corrected chi connectivity index (χ4v) is 1.82. The zero-order chi connectivity index (χ0) is 21.0. The Balaban J connectivity index is 3.61. The summed E-state index contributed by atoms with van der Waals surface area (Å²) in [5, 5.41) is 13.2. The maximum atomic E-state index is 11.3. The molecule has 4 amide bonds. The minimum absolute atomic E-state index is 0.0868. The molecule has 0 fully saturated rings. The second kappa shape index (κ2) is 17.3. The predicted molar refractivity (Wildman–Crippen MR) is 113 cm³/mol. The van der Waals surface area contributed by atoms with Gasteiger partial charge in [-0.25, -0.2) is 9.59 Å². The van der Waals surface area contributed by atoms with Gasteiger partial charge in [-0.15, -0.1) is 13.2 Å². The number of aliphatic imine (C=N–C) groups is 2. The molecule has 0 aliphatic rings. The number of nitrogens with one attached hydrogen (secondary N) is 5. The van der Waals surface area contributed by atoms with Crippen molar-refractivity contribution in [3.05, 3.63) is 25.3 Å². The van der Waals surface area contributed by atoms with Crippen molar-refractivity contribution in [2.24, 2.45) is 21.5 Å². The number of hydrogen-bond acceptors (Lipinski definition) is 5. The van der Waals surface area contributed by atoms with Gasteiger partial charge < -0.3 is 27.4 Å². The summed E-state index contributed by atoms with van der Waals surface area (Å²) in [5.41, 5.74) is 11.2. The van der Waals surface area contributed by atoms with Crippen molar-refractivity contribution in [3.63, 3.8) is 0 Å². The zero-order valence-corrected chi connectivity index (χ0v) is 16.3. The maximum absolute atomic E-state index is 11.3. The van der Waals surface area contributed by atoms with Gasteiger partial charge in [0.2, 0.25) is 0 Å². The van der Waals surface area contributed by atoms with Gasteiger partial charge in [-0.2, -0.15) is 0 Å². The van der Waals surface area contributed by atoms with E-state index in [0.717, 1.165) is 32.4 Å². The number of urea groups is 2. The highest BCUT2D eigenvalue weighted by atomic mass is 16.2. The van der Waals surface area contributed by atoms with Crippen molar-refractivity contribution in [2.45, 2.75) is 19.3 Å². The molecule has 0 aromatic heterocycles. The van der Waals surface area contributed by atoms with E-state index in [-0.39, 0.29) is 11.9 Å². The first kappa shape index (κ1) is 24.9. The van der Waals surface area contributed by atoms with E-state index in [0.29, 0.717) is 26.2 Å². The number of rotatable bonds is 13. The van der Waals surface area contributed by atoms with Gasteiger partial charge in [0.1, 0.15) is 0 Å². The summed E-state index contributed by atoms with van der Waals surface area (Å²) in [6, 6.07) is -0.811. The number of nitrogens with zero attached hydrogens (tertiary/aromatic N) is 2. The molecule has 0 heterocycles. The lowest BCUT2D eigenvalue weighted by Gasteiger charge is -2.06. The number of amides is 4. The predicted octanol–water partition coefficient (Wildman–Crippen LogP) is -0.654. The van der Waals surface area contributed by atoms with Crippen LogP contribution < -0.4 is 38.1 Å². The highest BCUT2D eigenvalue weighted by molar-refractivity contribution is 5.95. The van der Waals surface area contributed by atoms with Crippen LogP contribution in [0, 0.1) is 0 Å². The van der Waals surface area contributed by atoms with E-state index in [9.17, 15) is 9.59 Å². The second-order valence-corrected chi connectivity index (χ2v) is 5.59. The van der Waals surface area contributed by atoms with Crippen molar-refractivity contribution in [1.29, 1.82) is 0 Å². The highest BCUT2D eigenvalue weighted by Gasteiger charge is 2.00. The molecule has 0 aliphatic heterocycles. The first-order valence-corrected chi connectivity index (χ1v) is 9.11. The number of nitrogens with two attached hydrogens (primary N) is 2. The average Bonchev–Trinajstić information content (AvgIpc) is 2.66. The van der Waals surface area contributed by atoms with Crippen LogP contribution in [0.1, 0.15) is 19.3 Å². The molecule has 28 heavy (non-hydrogen) atoms. The molecule has 0 unspecified atom stereocenters. The Hall–Kier alpha value is -3.08. The fourth-order valence-electron chi connectivity index (χ4n) is 1.82. The minimum atomic E-state index is -0.407. The number of hydrogen-bond donors (Lipinski definition) is 7. The summed E-state index contributed by atoms with van der Waals surface area (Å²) in [6.07, 6.45) is 5.71. The van der Waals surface area contributed by atoms with E-state index in [4.69, 9.17) is 11.5 Å². The summed E-state index contributed by atoms with van der Waals surface area (Å²) in [5.74, 6) is 0.181. The molecule has 0 aromatic carbocycles. The van der Waals surface area contributed by atoms with Crippen molar-refractivity contribution in [2.75, 3.05) is 39.3 Å². The van der Waals surface area contributed by atoms with Crippen molar-refractivity contribution < 1.29 is 9.59 Å². The molecule has 0 saturated heterocycles. The van der Waals surface area contributed by atoms with E-state index in [1.54, 1.807) is 12.2 Å². The van der Waals surface area contributed by atoms with Crippen LogP contribution in [0.3, 0.4) is 0 Å². The lowest BCUT2D eigenvalue weighted by atomic mass is 10.3. The standard InChI is InChI=1S/C17H33N9O2/c1-3-8-23-16(27)25-14(18)21-12-6-5-10-20-11-7-13-22-15(19)26-17(28)24-9-4-2/h3-4,20H,1-2,5-13H2,(H4,18,21,23,25,27)(H4,19,22,24,26,28). The SMILES string of the molecule is C=CCNC(=O)NC(N)=NCCCCNCCCN=C(N)NC(=O)NCC=C. The summed E-state index contributed by atoms with van der Waals surface area (Å²) < 4.78 is 0. The molecular formula is C17H33N9O2. The van der Waals surface area contributed by atoms with Gasteiger partial charge in [-0.05, 0) is 32.4 Å². The summed E-state index contributed by atoms with van der Waals surface area (Å²) in [4.78, 5) is 30.8. The third-order valence-corrected chi connectivity index (χ3v) is 3.13. The third-order valence-electron chi connectivity index (χ3n) is 3.13. The molecule has 9 N–H and O–H groups in total. The summed E-state index contributed by atoms with van der Waals surface area (Å²) >= 11 is 0. The molecule has 0 aromatic rings. The van der Waals surface area contributed by atoms with Crippen LogP contribution in [-0.4, -0.2) is 63.2 Å². The first-order chi connectivity index (χ1) is 13.5. The van der Waals surface area contributed by atoms with Crippen molar-refractivity contribution in [3.8, 4) is 0 Å². The van der Waals surface area contributed by atoms with Crippen LogP contribution in [0.4, 0.5) is 9.59 Å². The number of carbonyl (C=O) groups is 2. The molecule has 11 heteroatoms. The van der Waals surface area contributed by atoms with E-state index in [1.165, 1.54) is 0 Å². The molecule has 0 saturated carbocycles. The molecule has 11 nitrogen and oxygen atoms in total. The van der Waals surface area contributed by atoms with Gasteiger partial charge in [-0.1, -0.05) is 12.2 Å². The molecule has 0 atom stereocenters. The number of carbonyl (C=O) groups excluding carboxylic acids is 2. The Morgan fingerprint density at radius 1 is 0.786 bits per heavy atom. The molecule has 158 valence electrons. The van der Waals surface area contributed by atoms with Gasteiger partial charge in [0, 0.05) is 26.2 Å². The van der Waals surface area contributed by atoms with E-state index >= 15 is 0 Å². The van der Waals surface area contributed by atoms with Crippen LogP contribution in [0.15, 0.2) is 35.3 Å². The van der Waals surface area contributed by atoms with Gasteiger partial charge in [0.25, 0.3) is 0 Å². The Morgan fingerprint density at radius 3 is 1.75 bits per heavy atom. The molecule has 0 aliphatic carbocycles. The van der Waals surface area contributed by atoms with Crippen molar-refractivity contribution in [1.82, 2.24) is 26.6 Å². The monoisotopic (exact) mass is 395 g/mol. The topological polar surface area (TPSA) is 171 Å². The molecular weight excluding hydrogens is 362 g/mol. The van der Waals surface area contributed by atoms with Gasteiger partial charge in [0.15, 0.2) is 11.9 Å². The molecule has 0 spiro atoms. The first-order valence-electron chi connectivity index (χ1n) is 9.11. The van der Waals surface area contributed by atoms with Crippen LogP contribution in [0.5, 0.6) is 0 Å². The molecule has 0 bridgehead atoms.